The molecule has 40 heavy (non-hydrogen) atoms. The van der Waals surface area contributed by atoms with Crippen LogP contribution in [0.4, 0.5) is 0 Å². The van der Waals surface area contributed by atoms with Gasteiger partial charge in [0.05, 0.1) is 18.3 Å². The topological polar surface area (TPSA) is 143 Å². The normalized spacial score (nSPS) is 29.0. The first-order valence-corrected chi connectivity index (χ1v) is 15.2. The predicted octanol–water partition coefficient (Wildman–Crippen LogP) is 2.82. The third-order valence-electron chi connectivity index (χ3n) is 7.57. The van der Waals surface area contributed by atoms with Gasteiger partial charge < -0.3 is 14.2 Å². The van der Waals surface area contributed by atoms with Crippen molar-refractivity contribution in [2.75, 3.05) is 6.26 Å². The molecule has 1 aromatic heterocycles. The highest BCUT2D eigenvalue weighted by atomic mass is 32.2. The van der Waals surface area contributed by atoms with Crippen LogP contribution in [0.3, 0.4) is 0 Å². The van der Waals surface area contributed by atoms with Gasteiger partial charge in [-0.15, -0.1) is 0 Å². The van der Waals surface area contributed by atoms with Crippen LogP contribution in [0.5, 0.6) is 0 Å². The van der Waals surface area contributed by atoms with E-state index in [1.165, 1.54) is 13.1 Å². The molecular formula is C28H38N2O9S. The monoisotopic (exact) mass is 578 g/mol. The van der Waals surface area contributed by atoms with Crippen molar-refractivity contribution < 1.29 is 31.6 Å². The maximum atomic E-state index is 13.1. The van der Waals surface area contributed by atoms with Gasteiger partial charge in [-0.2, -0.15) is 8.42 Å². The molecule has 2 aliphatic rings. The molecule has 1 N–H and O–H groups in total. The molecule has 2 aromatic rings. The number of carbonyl (C=O) groups is 1. The zero-order valence-corrected chi connectivity index (χ0v) is 24.5. The molecule has 0 radical (unpaired) electrons. The summed E-state index contributed by atoms with van der Waals surface area (Å²) in [5, 5.41) is 0. The van der Waals surface area contributed by atoms with Gasteiger partial charge in [-0.1, -0.05) is 37.3 Å². The second kappa shape index (κ2) is 11.2. The van der Waals surface area contributed by atoms with E-state index in [1.54, 1.807) is 20.8 Å². The molecule has 11 nitrogen and oxygen atoms in total. The van der Waals surface area contributed by atoms with Crippen LogP contribution in [0.1, 0.15) is 64.3 Å². The molecule has 1 saturated carbocycles. The molecule has 1 aliphatic heterocycles. The molecular weight excluding hydrogens is 540 g/mol. The molecule has 12 heteroatoms. The van der Waals surface area contributed by atoms with Crippen molar-refractivity contribution >= 4 is 16.1 Å². The van der Waals surface area contributed by atoms with Gasteiger partial charge in [0.15, 0.2) is 12.3 Å². The van der Waals surface area contributed by atoms with Crippen LogP contribution in [0.25, 0.3) is 0 Å². The molecule has 2 unspecified atom stereocenters. The lowest BCUT2D eigenvalue weighted by molar-refractivity contribution is -0.230. The summed E-state index contributed by atoms with van der Waals surface area (Å²) in [4.78, 5) is 40.5. The Morgan fingerprint density at radius 2 is 1.85 bits per heavy atom. The van der Waals surface area contributed by atoms with E-state index in [2.05, 4.69) is 4.98 Å². The maximum absolute atomic E-state index is 13.1. The first-order chi connectivity index (χ1) is 18.6. The number of aromatic nitrogens is 2. The Morgan fingerprint density at radius 3 is 2.48 bits per heavy atom. The first-order valence-electron chi connectivity index (χ1n) is 13.4. The lowest BCUT2D eigenvalue weighted by Gasteiger charge is -2.48. The van der Waals surface area contributed by atoms with E-state index in [0.29, 0.717) is 12.8 Å². The van der Waals surface area contributed by atoms with Crippen LogP contribution in [0.15, 0.2) is 46.1 Å². The summed E-state index contributed by atoms with van der Waals surface area (Å²) in [6, 6.07) is 9.30. The Labute approximate surface area is 233 Å². The van der Waals surface area contributed by atoms with Crippen molar-refractivity contribution in [3.8, 4) is 0 Å². The van der Waals surface area contributed by atoms with E-state index in [1.807, 2.05) is 37.3 Å². The molecule has 4 rings (SSSR count). The van der Waals surface area contributed by atoms with Crippen LogP contribution in [-0.4, -0.2) is 54.1 Å². The molecule has 6 atom stereocenters. The Bertz CT molecular complexity index is 1440. The first kappa shape index (κ1) is 30.2. The fourth-order valence-electron chi connectivity index (χ4n) is 5.52. The molecule has 1 aromatic carbocycles. The number of H-pyrrole nitrogens is 1. The van der Waals surface area contributed by atoms with Crippen molar-refractivity contribution in [2.24, 2.45) is 11.3 Å². The van der Waals surface area contributed by atoms with Gasteiger partial charge in [-0.05, 0) is 58.4 Å². The third kappa shape index (κ3) is 6.09. The van der Waals surface area contributed by atoms with Crippen LogP contribution < -0.4 is 11.2 Å². The average molecular weight is 579 g/mol. The Kier molecular flexibility index (Phi) is 8.47. The van der Waals surface area contributed by atoms with Gasteiger partial charge in [-0.3, -0.25) is 23.3 Å². The molecule has 0 amide bonds. The standard InChI is InChI=1S/C28H38N2O9S/c1-17-15-30(26(33)29-23(17)31)24-21(39-40(6,34)35)22(36-16-19-12-8-7-9-13-19)28(38-24)18(2)11-10-14-20(28)37-25(32)27(3,4)5/h7-9,12-13,15,18,20-22,24H,10-11,14,16H2,1-6H3,(H,29,31,33)/t18?,20-,21+,22+,24+,28?/m0/s1. The summed E-state index contributed by atoms with van der Waals surface area (Å²) in [7, 11) is -4.09. The highest BCUT2D eigenvalue weighted by molar-refractivity contribution is 7.86. The molecule has 220 valence electrons. The number of aromatic amines is 1. The summed E-state index contributed by atoms with van der Waals surface area (Å²) < 4.78 is 51.1. The minimum Gasteiger partial charge on any atom is -0.459 e. The number of aryl methyl sites for hydroxylation is 1. The van der Waals surface area contributed by atoms with Crippen LogP contribution in [0.2, 0.25) is 0 Å². The van der Waals surface area contributed by atoms with Crippen molar-refractivity contribution in [3.05, 3.63) is 68.5 Å². The Balaban J connectivity index is 1.89. The second-order valence-corrected chi connectivity index (χ2v) is 13.4. The zero-order chi connectivity index (χ0) is 29.5. The van der Waals surface area contributed by atoms with Crippen molar-refractivity contribution in [3.63, 3.8) is 0 Å². The molecule has 1 spiro atoms. The zero-order valence-electron chi connectivity index (χ0n) is 23.7. The summed E-state index contributed by atoms with van der Waals surface area (Å²) in [6.07, 6.45) is -0.471. The van der Waals surface area contributed by atoms with Crippen LogP contribution >= 0.6 is 0 Å². The summed E-state index contributed by atoms with van der Waals surface area (Å²) in [6.45, 7) is 8.76. The number of rotatable bonds is 7. The van der Waals surface area contributed by atoms with Crippen molar-refractivity contribution in [1.29, 1.82) is 0 Å². The molecule has 1 aliphatic carbocycles. The van der Waals surface area contributed by atoms with Crippen molar-refractivity contribution in [2.45, 2.75) is 90.6 Å². The van der Waals surface area contributed by atoms with E-state index in [9.17, 15) is 22.8 Å². The maximum Gasteiger partial charge on any atom is 0.330 e. The SMILES string of the molecule is Cc1cn([C@@H]2OC3(C(C)CCC[C@@H]3OC(=O)C(C)(C)C)[C@H](OCc3ccccc3)[C@H]2OS(C)(=O)=O)c(=O)[nH]c1=O. The Morgan fingerprint density at radius 1 is 1.18 bits per heavy atom. The van der Waals surface area contributed by atoms with E-state index < -0.39 is 62.9 Å². The summed E-state index contributed by atoms with van der Waals surface area (Å²) >= 11 is 0. The second-order valence-electron chi connectivity index (χ2n) is 11.8. The highest BCUT2D eigenvalue weighted by Gasteiger charge is 2.66. The average Bonchev–Trinajstić information content (AvgIpc) is 3.16. The number of hydrogen-bond acceptors (Lipinski definition) is 9. The molecule has 2 fully saturated rings. The van der Waals surface area contributed by atoms with E-state index in [-0.39, 0.29) is 18.1 Å². The largest absolute Gasteiger partial charge is 0.459 e. The number of benzene rings is 1. The third-order valence-corrected chi connectivity index (χ3v) is 8.14. The van der Waals surface area contributed by atoms with Gasteiger partial charge in [0.1, 0.15) is 17.8 Å². The number of hydrogen-bond donors (Lipinski definition) is 1. The molecule has 2 heterocycles. The van der Waals surface area contributed by atoms with Gasteiger partial charge >= 0.3 is 11.7 Å². The van der Waals surface area contributed by atoms with E-state index in [4.69, 9.17) is 18.4 Å². The van der Waals surface area contributed by atoms with Gasteiger partial charge in [0.2, 0.25) is 0 Å². The van der Waals surface area contributed by atoms with Crippen molar-refractivity contribution in [1.82, 2.24) is 9.55 Å². The predicted molar refractivity (Wildman–Crippen MR) is 146 cm³/mol. The van der Waals surface area contributed by atoms with Crippen LogP contribution in [-0.2, 0) is 39.9 Å². The number of carbonyl (C=O) groups excluding carboxylic acids is 1. The fraction of sp³-hybridized carbons (Fsp3) is 0.607. The van der Waals surface area contributed by atoms with Gasteiger partial charge in [0, 0.05) is 11.8 Å². The summed E-state index contributed by atoms with van der Waals surface area (Å²) in [5.41, 5.74) is -2.50. The minimum absolute atomic E-state index is 0.0825. The molecule has 1 saturated heterocycles. The lowest BCUT2D eigenvalue weighted by atomic mass is 9.70. The smallest absolute Gasteiger partial charge is 0.330 e. The lowest BCUT2D eigenvalue weighted by Crippen LogP contribution is -2.61. The van der Waals surface area contributed by atoms with E-state index in [0.717, 1.165) is 22.8 Å². The quantitative estimate of drug-likeness (QED) is 0.387. The van der Waals surface area contributed by atoms with Gasteiger partial charge in [0.25, 0.3) is 15.7 Å². The highest BCUT2D eigenvalue weighted by Crippen LogP contribution is 2.52. The van der Waals surface area contributed by atoms with E-state index >= 15 is 0 Å². The number of nitrogens with zero attached hydrogens (tertiary/aromatic N) is 1. The van der Waals surface area contributed by atoms with Crippen LogP contribution in [0, 0.1) is 18.3 Å². The molecule has 0 bridgehead atoms. The minimum atomic E-state index is -4.09. The number of esters is 1. The summed E-state index contributed by atoms with van der Waals surface area (Å²) in [5.74, 6) is -0.729. The Hall–Kier alpha value is -2.80. The fourth-order valence-corrected chi connectivity index (χ4v) is 6.12. The van der Waals surface area contributed by atoms with Gasteiger partial charge in [-0.25, -0.2) is 4.79 Å². The number of ether oxygens (including phenoxy) is 3. The number of nitrogens with one attached hydrogen (secondary N) is 1.